The van der Waals surface area contributed by atoms with E-state index < -0.39 is 18.9 Å². The first-order valence-electron chi connectivity index (χ1n) is 4.99. The highest BCUT2D eigenvalue weighted by Gasteiger charge is 2.17. The summed E-state index contributed by atoms with van der Waals surface area (Å²) in [7, 11) is 0. The number of hydrogen-bond donors (Lipinski definition) is 3. The van der Waals surface area contributed by atoms with Gasteiger partial charge in [0.15, 0.2) is 5.13 Å². The van der Waals surface area contributed by atoms with Gasteiger partial charge in [-0.3, -0.25) is 4.79 Å². The van der Waals surface area contributed by atoms with Crippen molar-refractivity contribution in [2.75, 3.05) is 17.6 Å². The normalized spacial score (nSPS) is 10.9. The maximum absolute atomic E-state index is 11.9. The summed E-state index contributed by atoms with van der Waals surface area (Å²) in [4.78, 5) is 15.6. The minimum atomic E-state index is -2.58. The summed E-state index contributed by atoms with van der Waals surface area (Å²) in [5.41, 5.74) is 5.54. The predicted molar refractivity (Wildman–Crippen MR) is 63.6 cm³/mol. The Bertz CT molecular complexity index is 394. The minimum absolute atomic E-state index is 0.0462. The zero-order valence-corrected chi connectivity index (χ0v) is 10.3. The number of thiazole rings is 1. The lowest BCUT2D eigenvalue weighted by Crippen LogP contribution is -2.28. The second-order valence-electron chi connectivity index (χ2n) is 3.63. The Balaban J connectivity index is 2.70. The lowest BCUT2D eigenvalue weighted by atomic mass is 10.4. The molecule has 5 nitrogen and oxygen atoms in total. The van der Waals surface area contributed by atoms with Crippen molar-refractivity contribution in [3.63, 3.8) is 0 Å². The summed E-state index contributed by atoms with van der Waals surface area (Å²) in [6.45, 7) is 3.13. The van der Waals surface area contributed by atoms with Gasteiger partial charge >= 0.3 is 0 Å². The summed E-state index contributed by atoms with van der Waals surface area (Å²) in [6.07, 6.45) is -2.58. The SMILES string of the molecule is CC(C)Nc1nc(N)c(C(=O)NCC(F)F)s1. The van der Waals surface area contributed by atoms with Crippen molar-refractivity contribution in [1.82, 2.24) is 10.3 Å². The highest BCUT2D eigenvalue weighted by Crippen LogP contribution is 2.25. The van der Waals surface area contributed by atoms with E-state index in [-0.39, 0.29) is 16.7 Å². The largest absolute Gasteiger partial charge is 0.382 e. The molecular formula is C9H14F2N4OS. The number of nitrogens with one attached hydrogen (secondary N) is 2. The van der Waals surface area contributed by atoms with Crippen LogP contribution in [0.3, 0.4) is 0 Å². The average Bonchev–Trinajstić information content (AvgIpc) is 2.54. The summed E-state index contributed by atoms with van der Waals surface area (Å²) < 4.78 is 23.8. The van der Waals surface area contributed by atoms with Gasteiger partial charge in [-0.05, 0) is 13.8 Å². The van der Waals surface area contributed by atoms with Crippen molar-refractivity contribution in [3.8, 4) is 0 Å². The van der Waals surface area contributed by atoms with Crippen molar-refractivity contribution >= 4 is 28.2 Å². The van der Waals surface area contributed by atoms with Crippen molar-refractivity contribution < 1.29 is 13.6 Å². The van der Waals surface area contributed by atoms with E-state index in [1.807, 2.05) is 13.8 Å². The van der Waals surface area contributed by atoms with Gasteiger partial charge in [-0.15, -0.1) is 0 Å². The Kier molecular flexibility index (Phi) is 4.62. The van der Waals surface area contributed by atoms with Gasteiger partial charge in [0, 0.05) is 6.04 Å². The zero-order chi connectivity index (χ0) is 13.0. The molecule has 0 aromatic carbocycles. The summed E-state index contributed by atoms with van der Waals surface area (Å²) >= 11 is 1.04. The third-order valence-corrected chi connectivity index (χ3v) is 2.69. The number of rotatable bonds is 5. The number of halogens is 2. The van der Waals surface area contributed by atoms with E-state index >= 15 is 0 Å². The maximum Gasteiger partial charge on any atom is 0.265 e. The fourth-order valence-corrected chi connectivity index (χ4v) is 2.00. The second kappa shape index (κ2) is 5.76. The van der Waals surface area contributed by atoms with Crippen LogP contribution >= 0.6 is 11.3 Å². The smallest absolute Gasteiger partial charge is 0.265 e. The van der Waals surface area contributed by atoms with Crippen LogP contribution < -0.4 is 16.4 Å². The minimum Gasteiger partial charge on any atom is -0.382 e. The Labute approximate surface area is 101 Å². The van der Waals surface area contributed by atoms with Gasteiger partial charge in [0.2, 0.25) is 0 Å². The van der Waals surface area contributed by atoms with Crippen LogP contribution in [-0.4, -0.2) is 29.9 Å². The van der Waals surface area contributed by atoms with Gasteiger partial charge < -0.3 is 16.4 Å². The number of nitrogens with two attached hydrogens (primary N) is 1. The topological polar surface area (TPSA) is 80.0 Å². The van der Waals surface area contributed by atoms with Crippen LogP contribution in [0.5, 0.6) is 0 Å². The standard InChI is InChI=1S/C9H14F2N4OS/c1-4(2)14-9-15-7(12)6(17-9)8(16)13-3-5(10)11/h4-5H,3,12H2,1-2H3,(H,13,16)(H,14,15). The molecule has 0 saturated heterocycles. The molecule has 8 heteroatoms. The molecule has 0 fully saturated rings. The molecule has 1 rings (SSSR count). The number of amides is 1. The zero-order valence-electron chi connectivity index (χ0n) is 9.46. The molecule has 1 aromatic heterocycles. The molecule has 0 aliphatic carbocycles. The molecule has 0 radical (unpaired) electrons. The lowest BCUT2D eigenvalue weighted by molar-refractivity contribution is 0.0896. The van der Waals surface area contributed by atoms with E-state index in [9.17, 15) is 13.6 Å². The Morgan fingerprint density at radius 1 is 1.53 bits per heavy atom. The van der Waals surface area contributed by atoms with Crippen LogP contribution in [0.1, 0.15) is 23.5 Å². The lowest BCUT2D eigenvalue weighted by Gasteiger charge is -2.04. The number of nitrogens with zero attached hydrogens (tertiary/aromatic N) is 1. The number of carbonyl (C=O) groups excluding carboxylic acids is 1. The van der Waals surface area contributed by atoms with Gasteiger partial charge in [-0.2, -0.15) is 0 Å². The number of nitrogen functional groups attached to an aromatic ring is 1. The number of carbonyl (C=O) groups is 1. The monoisotopic (exact) mass is 264 g/mol. The molecule has 1 amide bonds. The van der Waals surface area contributed by atoms with Crippen molar-refractivity contribution in [2.24, 2.45) is 0 Å². The highest BCUT2D eigenvalue weighted by molar-refractivity contribution is 7.18. The molecule has 96 valence electrons. The van der Waals surface area contributed by atoms with Crippen LogP contribution in [0.2, 0.25) is 0 Å². The van der Waals surface area contributed by atoms with Crippen LogP contribution in [0, 0.1) is 0 Å². The fourth-order valence-electron chi connectivity index (χ4n) is 1.05. The highest BCUT2D eigenvalue weighted by atomic mass is 32.1. The molecule has 0 unspecified atom stereocenters. The van der Waals surface area contributed by atoms with E-state index in [4.69, 9.17) is 5.73 Å². The number of hydrogen-bond acceptors (Lipinski definition) is 5. The Morgan fingerprint density at radius 2 is 2.18 bits per heavy atom. The third kappa shape index (κ3) is 4.14. The number of aromatic nitrogens is 1. The van der Waals surface area contributed by atoms with Gasteiger partial charge in [0.05, 0.1) is 6.54 Å². The average molecular weight is 264 g/mol. The van der Waals surface area contributed by atoms with Gasteiger partial charge in [0.25, 0.3) is 12.3 Å². The molecule has 1 heterocycles. The molecule has 0 atom stereocenters. The van der Waals surface area contributed by atoms with E-state index in [1.165, 1.54) is 0 Å². The predicted octanol–water partition coefficient (Wildman–Crippen LogP) is 1.54. The molecule has 17 heavy (non-hydrogen) atoms. The van der Waals surface area contributed by atoms with Gasteiger partial charge in [-0.1, -0.05) is 11.3 Å². The summed E-state index contributed by atoms with van der Waals surface area (Å²) in [5, 5.41) is 5.56. The summed E-state index contributed by atoms with van der Waals surface area (Å²) in [6, 6.07) is 0.150. The van der Waals surface area contributed by atoms with Crippen molar-refractivity contribution in [1.29, 1.82) is 0 Å². The van der Waals surface area contributed by atoms with Crippen LogP contribution in [0.4, 0.5) is 19.7 Å². The first-order chi connectivity index (χ1) is 7.90. The molecule has 0 aliphatic heterocycles. The second-order valence-corrected chi connectivity index (χ2v) is 4.63. The quantitative estimate of drug-likeness (QED) is 0.753. The molecule has 4 N–H and O–H groups in total. The summed E-state index contributed by atoms with van der Waals surface area (Å²) in [5.74, 6) is -0.581. The van der Waals surface area contributed by atoms with E-state index in [0.717, 1.165) is 11.3 Å². The van der Waals surface area contributed by atoms with Crippen molar-refractivity contribution in [3.05, 3.63) is 4.88 Å². The van der Waals surface area contributed by atoms with Crippen LogP contribution in [0.15, 0.2) is 0 Å². The molecule has 0 spiro atoms. The fraction of sp³-hybridized carbons (Fsp3) is 0.556. The molecule has 0 bridgehead atoms. The van der Waals surface area contributed by atoms with Gasteiger partial charge in [0.1, 0.15) is 10.7 Å². The Morgan fingerprint density at radius 3 is 2.71 bits per heavy atom. The van der Waals surface area contributed by atoms with E-state index in [0.29, 0.717) is 5.13 Å². The first-order valence-corrected chi connectivity index (χ1v) is 5.81. The van der Waals surface area contributed by atoms with Crippen molar-refractivity contribution in [2.45, 2.75) is 26.3 Å². The Hall–Kier alpha value is -1.44. The van der Waals surface area contributed by atoms with Crippen LogP contribution in [-0.2, 0) is 0 Å². The molecule has 0 aliphatic rings. The maximum atomic E-state index is 11.9. The van der Waals surface area contributed by atoms with E-state index in [1.54, 1.807) is 0 Å². The van der Waals surface area contributed by atoms with Gasteiger partial charge in [-0.25, -0.2) is 13.8 Å². The molecule has 1 aromatic rings. The third-order valence-electron chi connectivity index (χ3n) is 1.69. The molecular weight excluding hydrogens is 250 g/mol. The van der Waals surface area contributed by atoms with Crippen LogP contribution in [0.25, 0.3) is 0 Å². The van der Waals surface area contributed by atoms with E-state index in [2.05, 4.69) is 15.6 Å². The first kappa shape index (κ1) is 13.6. The number of anilines is 2. The molecule has 0 saturated carbocycles. The number of alkyl halides is 2.